The number of hydrogen-bond donors (Lipinski definition) is 1. The molecule has 2 aromatic carbocycles. The monoisotopic (exact) mass is 857 g/mol. The van der Waals surface area contributed by atoms with Crippen molar-refractivity contribution in [2.75, 3.05) is 26.3 Å². The summed E-state index contributed by atoms with van der Waals surface area (Å²) in [5.41, 5.74) is -0.398. The van der Waals surface area contributed by atoms with Gasteiger partial charge in [-0.25, -0.2) is 33.3 Å². The summed E-state index contributed by atoms with van der Waals surface area (Å²) in [6.07, 6.45) is 3.17. The van der Waals surface area contributed by atoms with Crippen LogP contribution >= 0.6 is 0 Å². The molecule has 0 aliphatic rings. The maximum absolute atomic E-state index is 13.3. The van der Waals surface area contributed by atoms with Crippen LogP contribution in [0.25, 0.3) is 4.85 Å². The quantitative estimate of drug-likeness (QED) is 0.0159. The fourth-order valence-corrected chi connectivity index (χ4v) is 3.63. The third kappa shape index (κ3) is 21.8. The van der Waals surface area contributed by atoms with E-state index in [0.717, 1.165) is 18.6 Å². The summed E-state index contributed by atoms with van der Waals surface area (Å²) in [5, 5.41) is 6.05. The maximum Gasteiger partial charge on any atom is 0.433 e. The minimum Gasteiger partial charge on any atom is -0.463 e. The zero-order valence-corrected chi connectivity index (χ0v) is 37.2. The highest BCUT2D eigenvalue weighted by molar-refractivity contribution is 5.82. The van der Waals surface area contributed by atoms with Gasteiger partial charge in [-0.1, -0.05) is 84.0 Å². The van der Waals surface area contributed by atoms with Crippen molar-refractivity contribution in [2.45, 2.75) is 128 Å². The molecule has 2 aromatic rings. The molecule has 60 heavy (non-hydrogen) atoms. The number of amides is 1. The first-order valence-electron chi connectivity index (χ1n) is 19.9. The smallest absolute Gasteiger partial charge is 0.433 e. The molecule has 0 heterocycles. The van der Waals surface area contributed by atoms with Crippen LogP contribution in [-0.2, 0) is 40.0 Å². The van der Waals surface area contributed by atoms with Crippen molar-refractivity contribution in [2.24, 2.45) is 21.9 Å². The summed E-state index contributed by atoms with van der Waals surface area (Å²) in [4.78, 5) is 53.0. The van der Waals surface area contributed by atoms with Crippen molar-refractivity contribution in [3.63, 3.8) is 0 Å². The SMILES string of the molecule is CCC(C)(C)C(=O)OCc1c(F)c(F)c(F)c(F)c1F.CCC(C)=NOC(=O)NCCOC(=O)C(C)(C)CC.CCC(C)c1ccccc1.[C-]#[N+]CCOC(=O)C(C)CC. The largest absolute Gasteiger partial charge is 0.463 e. The van der Waals surface area contributed by atoms with Crippen LogP contribution < -0.4 is 5.32 Å². The molecule has 2 atom stereocenters. The molecule has 0 bridgehead atoms. The molecule has 0 aromatic heterocycles. The topological polar surface area (TPSA) is 134 Å². The average molecular weight is 858 g/mol. The number of hydrogen-bond acceptors (Lipinski definition) is 9. The molecular formula is C44H64F5N3O8. The first-order valence-corrected chi connectivity index (χ1v) is 19.9. The number of esters is 3. The normalized spacial score (nSPS) is 12.0. The van der Waals surface area contributed by atoms with E-state index in [1.54, 1.807) is 13.8 Å². The molecule has 0 aliphatic carbocycles. The molecule has 338 valence electrons. The zero-order valence-electron chi connectivity index (χ0n) is 37.2. The first kappa shape index (κ1) is 57.0. The zero-order chi connectivity index (χ0) is 46.6. The van der Waals surface area contributed by atoms with Crippen molar-refractivity contribution in [1.82, 2.24) is 5.32 Å². The van der Waals surface area contributed by atoms with Gasteiger partial charge in [0.05, 0.1) is 34.6 Å². The van der Waals surface area contributed by atoms with Gasteiger partial charge in [-0.05, 0) is 78.2 Å². The second kappa shape index (κ2) is 30.0. The number of nitrogens with one attached hydrogen (secondary N) is 1. The van der Waals surface area contributed by atoms with E-state index in [4.69, 9.17) is 16.0 Å². The Balaban J connectivity index is 0. The summed E-state index contributed by atoms with van der Waals surface area (Å²) < 4.78 is 79.7. The molecule has 1 N–H and O–H groups in total. The van der Waals surface area contributed by atoms with E-state index in [0.29, 0.717) is 18.8 Å². The van der Waals surface area contributed by atoms with Crippen LogP contribution in [0.4, 0.5) is 26.7 Å². The van der Waals surface area contributed by atoms with Gasteiger partial charge < -0.3 is 24.4 Å². The molecule has 0 saturated heterocycles. The summed E-state index contributed by atoms with van der Waals surface area (Å²) >= 11 is 0. The van der Waals surface area contributed by atoms with Crippen molar-refractivity contribution in [1.29, 1.82) is 0 Å². The molecule has 11 nitrogen and oxygen atoms in total. The highest BCUT2D eigenvalue weighted by atomic mass is 19.2. The van der Waals surface area contributed by atoms with Crippen molar-refractivity contribution in [3.05, 3.63) is 82.0 Å². The molecule has 16 heteroatoms. The van der Waals surface area contributed by atoms with Crippen LogP contribution in [0.3, 0.4) is 0 Å². The minimum atomic E-state index is -2.25. The highest BCUT2D eigenvalue weighted by Crippen LogP contribution is 2.26. The van der Waals surface area contributed by atoms with Crippen LogP contribution in [0.1, 0.15) is 132 Å². The van der Waals surface area contributed by atoms with Gasteiger partial charge in [0, 0.05) is 0 Å². The average Bonchev–Trinajstić information content (AvgIpc) is 3.25. The van der Waals surface area contributed by atoms with Gasteiger partial charge in [0.25, 0.3) is 0 Å². The first-order chi connectivity index (χ1) is 28.0. The van der Waals surface area contributed by atoms with Crippen LogP contribution in [0.5, 0.6) is 0 Å². The van der Waals surface area contributed by atoms with Gasteiger partial charge in [-0.2, -0.15) is 0 Å². The van der Waals surface area contributed by atoms with Gasteiger partial charge in [0.15, 0.2) is 29.9 Å². The van der Waals surface area contributed by atoms with Crippen LogP contribution in [0, 0.1) is 52.4 Å². The lowest BCUT2D eigenvalue weighted by Crippen LogP contribution is -2.31. The molecule has 0 aliphatic heterocycles. The predicted octanol–water partition coefficient (Wildman–Crippen LogP) is 11.0. The van der Waals surface area contributed by atoms with Crippen LogP contribution in [-0.4, -0.2) is 56.0 Å². The molecule has 2 unspecified atom stereocenters. The van der Waals surface area contributed by atoms with E-state index in [1.807, 2.05) is 41.5 Å². The summed E-state index contributed by atoms with van der Waals surface area (Å²) in [5.74, 6) is -11.0. The van der Waals surface area contributed by atoms with Gasteiger partial charge >= 0.3 is 24.0 Å². The van der Waals surface area contributed by atoms with E-state index in [-0.39, 0.29) is 44.2 Å². The highest BCUT2D eigenvalue weighted by Gasteiger charge is 2.30. The molecule has 0 saturated carbocycles. The Bertz CT molecular complexity index is 1670. The second-order valence-electron chi connectivity index (χ2n) is 14.8. The molecular weight excluding hydrogens is 793 g/mol. The lowest BCUT2D eigenvalue weighted by molar-refractivity contribution is -0.156. The number of carbonyl (C=O) groups excluding carboxylic acids is 4. The second-order valence-corrected chi connectivity index (χ2v) is 14.8. The van der Waals surface area contributed by atoms with Gasteiger partial charge in [-0.15, -0.1) is 0 Å². The standard InChI is InChI=1S/C13H13F5O2.C13H24N2O4.C10H14.C8H13NO2/c1-4-13(2,3)12(19)20-5-6-7(14)9(16)11(18)10(17)8(6)15;1-6-10(3)15-19-12(17)14-8-9-18-11(16)13(4,5)7-2;1-3-9(2)10-7-5-4-6-8-10;1-4-7(2)8(10)11-6-5-9-3/h4-5H2,1-3H3;6-9H2,1-5H3,(H,14,17);4-9H,3H2,1-2H3;7H,4-6H2,1-2H3. The molecule has 0 fully saturated rings. The fraction of sp³-hybridized carbons (Fsp3) is 0.591. The number of rotatable bonds is 17. The van der Waals surface area contributed by atoms with E-state index in [2.05, 4.69) is 69.1 Å². The fourth-order valence-electron chi connectivity index (χ4n) is 3.63. The Kier molecular flexibility index (Phi) is 28.5. The van der Waals surface area contributed by atoms with Gasteiger partial charge in [-0.3, -0.25) is 19.2 Å². The van der Waals surface area contributed by atoms with Crippen LogP contribution in [0.2, 0.25) is 0 Å². The van der Waals surface area contributed by atoms with E-state index >= 15 is 0 Å². The van der Waals surface area contributed by atoms with E-state index in [9.17, 15) is 41.1 Å². The van der Waals surface area contributed by atoms with E-state index in [1.165, 1.54) is 25.8 Å². The van der Waals surface area contributed by atoms with Crippen LogP contribution in [0.15, 0.2) is 35.5 Å². The predicted molar refractivity (Wildman–Crippen MR) is 220 cm³/mol. The Hall–Kier alpha value is -5.07. The lowest BCUT2D eigenvalue weighted by atomic mass is 9.91. The van der Waals surface area contributed by atoms with Crippen molar-refractivity contribution in [3.8, 4) is 0 Å². The van der Waals surface area contributed by atoms with Crippen molar-refractivity contribution < 1.29 is 60.2 Å². The molecule has 0 spiro atoms. The number of nitrogens with zero attached hydrogens (tertiary/aromatic N) is 2. The van der Waals surface area contributed by atoms with E-state index < -0.39 is 64.1 Å². The maximum atomic E-state index is 13.3. The molecule has 2 rings (SSSR count). The van der Waals surface area contributed by atoms with Gasteiger partial charge in [0.2, 0.25) is 12.4 Å². The lowest BCUT2D eigenvalue weighted by Gasteiger charge is -2.20. The molecule has 0 radical (unpaired) electrons. The van der Waals surface area contributed by atoms with Crippen molar-refractivity contribution >= 4 is 29.7 Å². The summed E-state index contributed by atoms with van der Waals surface area (Å²) in [6, 6.07) is 10.6. The Morgan fingerprint density at radius 1 is 0.750 bits per heavy atom. The Morgan fingerprint density at radius 3 is 1.70 bits per heavy atom. The summed E-state index contributed by atoms with van der Waals surface area (Å²) in [6.45, 7) is 28.5. The minimum absolute atomic E-state index is 0.0410. The number of oxime groups is 1. The number of benzene rings is 2. The Morgan fingerprint density at radius 2 is 1.25 bits per heavy atom. The third-order valence-corrected chi connectivity index (χ3v) is 9.37. The van der Waals surface area contributed by atoms with Gasteiger partial charge in [0.1, 0.15) is 13.2 Å². The number of ether oxygens (including phenoxy) is 3. The third-order valence-electron chi connectivity index (χ3n) is 9.37. The number of carbonyl (C=O) groups is 4. The molecule has 1 amide bonds. The number of halogens is 5. The summed E-state index contributed by atoms with van der Waals surface area (Å²) in [7, 11) is 0. The Labute approximate surface area is 352 Å².